The minimum absolute atomic E-state index is 0.0594. The topological polar surface area (TPSA) is 45.8 Å². The molecule has 1 N–H and O–H groups in total. The number of benzene rings is 3. The van der Waals surface area contributed by atoms with Gasteiger partial charge in [-0.3, -0.25) is 4.79 Å². The number of H-pyrrole nitrogens is 1. The number of hydrogen-bond donors (Lipinski definition) is 1. The van der Waals surface area contributed by atoms with Gasteiger partial charge in [0.1, 0.15) is 10.7 Å². The van der Waals surface area contributed by atoms with E-state index in [1.165, 1.54) is 27.7 Å². The van der Waals surface area contributed by atoms with Crippen LogP contribution in [-0.2, 0) is 11.5 Å². The van der Waals surface area contributed by atoms with Crippen molar-refractivity contribution in [2.45, 2.75) is 11.5 Å². The van der Waals surface area contributed by atoms with Gasteiger partial charge < -0.3 is 4.98 Å². The maximum atomic E-state index is 12.8. The predicted molar refractivity (Wildman–Crippen MR) is 125 cm³/mol. The molecule has 0 aliphatic rings. The molecule has 0 saturated heterocycles. The van der Waals surface area contributed by atoms with Gasteiger partial charge in [-0.25, -0.2) is 4.98 Å². The SMILES string of the molecule is O=c1[nH]c(CSCc2cccc3ccccc23)nc2scc(-c3ccccc3)c12. The van der Waals surface area contributed by atoms with Crippen molar-refractivity contribution in [3.05, 3.63) is 99.9 Å². The van der Waals surface area contributed by atoms with Gasteiger partial charge in [0.25, 0.3) is 5.56 Å². The fourth-order valence-electron chi connectivity index (χ4n) is 3.57. The van der Waals surface area contributed by atoms with Gasteiger partial charge in [0.15, 0.2) is 0 Å². The molecule has 5 rings (SSSR count). The Kier molecular flexibility index (Phi) is 4.92. The van der Waals surface area contributed by atoms with Crippen molar-refractivity contribution in [2.75, 3.05) is 0 Å². The zero-order valence-corrected chi connectivity index (χ0v) is 17.2. The van der Waals surface area contributed by atoms with E-state index in [9.17, 15) is 4.79 Å². The van der Waals surface area contributed by atoms with Crippen LogP contribution in [0.3, 0.4) is 0 Å². The van der Waals surface area contributed by atoms with Gasteiger partial charge in [-0.1, -0.05) is 72.8 Å². The molecule has 3 nitrogen and oxygen atoms in total. The number of fused-ring (bicyclic) bond motifs is 2. The van der Waals surface area contributed by atoms with E-state index in [0.717, 1.165) is 27.5 Å². The van der Waals surface area contributed by atoms with Gasteiger partial charge >= 0.3 is 0 Å². The Bertz CT molecular complexity index is 1350. The second kappa shape index (κ2) is 7.85. The number of thioether (sulfide) groups is 1. The Morgan fingerprint density at radius 2 is 1.69 bits per heavy atom. The van der Waals surface area contributed by atoms with E-state index in [1.54, 1.807) is 11.8 Å². The van der Waals surface area contributed by atoms with Crippen LogP contribution in [0.2, 0.25) is 0 Å². The first-order valence-corrected chi connectivity index (χ1v) is 11.4. The molecule has 5 aromatic rings. The van der Waals surface area contributed by atoms with Crippen molar-refractivity contribution in [1.82, 2.24) is 9.97 Å². The van der Waals surface area contributed by atoms with Gasteiger partial charge in [0.2, 0.25) is 0 Å². The molecule has 3 aromatic carbocycles. The van der Waals surface area contributed by atoms with Gasteiger partial charge in [-0.2, -0.15) is 0 Å². The molecule has 0 unspecified atom stereocenters. The van der Waals surface area contributed by atoms with Crippen LogP contribution < -0.4 is 5.56 Å². The highest BCUT2D eigenvalue weighted by molar-refractivity contribution is 7.97. The monoisotopic (exact) mass is 414 g/mol. The second-order valence-electron chi connectivity index (χ2n) is 6.84. The van der Waals surface area contributed by atoms with E-state index < -0.39 is 0 Å². The highest BCUT2D eigenvalue weighted by Crippen LogP contribution is 2.31. The minimum atomic E-state index is -0.0594. The number of aromatic amines is 1. The molecular weight excluding hydrogens is 396 g/mol. The van der Waals surface area contributed by atoms with E-state index in [-0.39, 0.29) is 5.56 Å². The van der Waals surface area contributed by atoms with Crippen LogP contribution in [0, 0.1) is 0 Å². The molecule has 0 amide bonds. The van der Waals surface area contributed by atoms with Gasteiger partial charge in [0.05, 0.1) is 11.1 Å². The van der Waals surface area contributed by atoms with Gasteiger partial charge in [0, 0.05) is 16.7 Å². The number of hydrogen-bond acceptors (Lipinski definition) is 4. The van der Waals surface area contributed by atoms with Crippen molar-refractivity contribution in [2.24, 2.45) is 0 Å². The van der Waals surface area contributed by atoms with Crippen molar-refractivity contribution in [1.29, 1.82) is 0 Å². The molecule has 0 atom stereocenters. The molecular formula is C24H18N2OS2. The summed E-state index contributed by atoms with van der Waals surface area (Å²) in [7, 11) is 0. The van der Waals surface area contributed by atoms with Gasteiger partial charge in [-0.15, -0.1) is 23.1 Å². The molecule has 0 saturated carbocycles. The average molecular weight is 415 g/mol. The number of aromatic nitrogens is 2. The highest BCUT2D eigenvalue weighted by Gasteiger charge is 2.13. The van der Waals surface area contributed by atoms with Crippen LogP contribution in [0.4, 0.5) is 0 Å². The standard InChI is InChI=1S/C24H18N2OS2/c27-23-22-20(17-7-2-1-3-8-17)14-29-24(22)26-21(25-23)15-28-13-18-11-6-10-16-9-4-5-12-19(16)18/h1-12,14H,13,15H2,(H,25,26,27). The first-order valence-electron chi connectivity index (χ1n) is 9.40. The fraction of sp³-hybridized carbons (Fsp3) is 0.0833. The predicted octanol–water partition coefficient (Wildman–Crippen LogP) is 6.24. The van der Waals surface area contributed by atoms with Crippen LogP contribution in [-0.4, -0.2) is 9.97 Å². The van der Waals surface area contributed by atoms with Crippen molar-refractivity contribution in [3.8, 4) is 11.1 Å². The second-order valence-corrected chi connectivity index (χ2v) is 8.68. The Balaban J connectivity index is 1.38. The molecule has 29 heavy (non-hydrogen) atoms. The van der Waals surface area contributed by atoms with E-state index in [0.29, 0.717) is 11.1 Å². The molecule has 2 aromatic heterocycles. The third-order valence-electron chi connectivity index (χ3n) is 4.95. The summed E-state index contributed by atoms with van der Waals surface area (Å²) in [5.74, 6) is 2.28. The Morgan fingerprint density at radius 1 is 0.897 bits per heavy atom. The summed E-state index contributed by atoms with van der Waals surface area (Å²) in [6.07, 6.45) is 0. The van der Waals surface area contributed by atoms with E-state index in [1.807, 2.05) is 35.7 Å². The third-order valence-corrected chi connectivity index (χ3v) is 6.82. The molecule has 0 radical (unpaired) electrons. The number of nitrogens with one attached hydrogen (secondary N) is 1. The van der Waals surface area contributed by atoms with E-state index >= 15 is 0 Å². The lowest BCUT2D eigenvalue weighted by atomic mass is 10.1. The quantitative estimate of drug-likeness (QED) is 0.370. The number of nitrogens with zero attached hydrogens (tertiary/aromatic N) is 1. The third kappa shape index (κ3) is 3.59. The van der Waals surface area contributed by atoms with Crippen LogP contribution in [0.1, 0.15) is 11.4 Å². The summed E-state index contributed by atoms with van der Waals surface area (Å²) >= 11 is 3.30. The minimum Gasteiger partial charge on any atom is -0.309 e. The van der Waals surface area contributed by atoms with Crippen molar-refractivity contribution >= 4 is 44.1 Å². The molecule has 142 valence electrons. The molecule has 0 bridgehead atoms. The summed E-state index contributed by atoms with van der Waals surface area (Å²) in [6, 6.07) is 24.8. The van der Waals surface area contributed by atoms with Crippen LogP contribution >= 0.6 is 23.1 Å². The summed E-state index contributed by atoms with van der Waals surface area (Å²) in [5.41, 5.74) is 3.24. The normalized spacial score (nSPS) is 11.3. The summed E-state index contributed by atoms with van der Waals surface area (Å²) in [6.45, 7) is 0. The Hall–Kier alpha value is -2.89. The zero-order chi connectivity index (χ0) is 19.6. The average Bonchev–Trinajstić information content (AvgIpc) is 3.19. The van der Waals surface area contributed by atoms with Crippen LogP contribution in [0.25, 0.3) is 32.1 Å². The maximum absolute atomic E-state index is 12.8. The fourth-order valence-corrected chi connectivity index (χ4v) is 5.44. The molecule has 0 fully saturated rings. The maximum Gasteiger partial charge on any atom is 0.260 e. The van der Waals surface area contributed by atoms with Crippen LogP contribution in [0.15, 0.2) is 83.0 Å². The molecule has 0 spiro atoms. The Labute approximate surface area is 176 Å². The van der Waals surface area contributed by atoms with Gasteiger partial charge in [-0.05, 0) is 21.9 Å². The summed E-state index contributed by atoms with van der Waals surface area (Å²) < 4.78 is 0. The van der Waals surface area contributed by atoms with E-state index in [4.69, 9.17) is 4.98 Å². The lowest BCUT2D eigenvalue weighted by Gasteiger charge is -2.06. The summed E-state index contributed by atoms with van der Waals surface area (Å²) in [4.78, 5) is 21.3. The van der Waals surface area contributed by atoms with Crippen LogP contribution in [0.5, 0.6) is 0 Å². The molecule has 0 aliphatic heterocycles. The molecule has 2 heterocycles. The first-order chi connectivity index (χ1) is 14.3. The summed E-state index contributed by atoms with van der Waals surface area (Å²) in [5, 5.41) is 5.25. The first kappa shape index (κ1) is 18.2. The zero-order valence-electron chi connectivity index (χ0n) is 15.6. The number of rotatable bonds is 5. The largest absolute Gasteiger partial charge is 0.309 e. The van der Waals surface area contributed by atoms with E-state index in [2.05, 4.69) is 47.4 Å². The highest BCUT2D eigenvalue weighted by atomic mass is 32.2. The lowest BCUT2D eigenvalue weighted by molar-refractivity contribution is 1.05. The molecule has 0 aliphatic carbocycles. The lowest BCUT2D eigenvalue weighted by Crippen LogP contribution is -2.10. The number of thiophene rings is 1. The Morgan fingerprint density at radius 3 is 2.59 bits per heavy atom. The smallest absolute Gasteiger partial charge is 0.260 e. The van der Waals surface area contributed by atoms with Crippen molar-refractivity contribution < 1.29 is 0 Å². The van der Waals surface area contributed by atoms with Crippen molar-refractivity contribution in [3.63, 3.8) is 0 Å². The molecule has 5 heteroatoms.